The topological polar surface area (TPSA) is 129 Å². The Morgan fingerprint density at radius 3 is 2.43 bits per heavy atom. The Bertz CT molecular complexity index is 1400. The molecule has 0 radical (unpaired) electrons. The number of hydrogen-bond donors (Lipinski definition) is 4. The van der Waals surface area contributed by atoms with Crippen LogP contribution in [0.5, 0.6) is 5.88 Å². The van der Waals surface area contributed by atoms with Crippen LogP contribution in [-0.2, 0) is 4.57 Å². The summed E-state index contributed by atoms with van der Waals surface area (Å²) in [4.78, 5) is 34.3. The van der Waals surface area contributed by atoms with E-state index in [9.17, 15) is 0 Å². The van der Waals surface area contributed by atoms with Crippen LogP contribution in [0, 0.1) is 0 Å². The number of aromatic nitrogens is 3. The number of benzene rings is 2. The van der Waals surface area contributed by atoms with Crippen molar-refractivity contribution in [3.05, 3.63) is 66.9 Å². The first-order valence-corrected chi connectivity index (χ1v) is 10.5. The van der Waals surface area contributed by atoms with Crippen LogP contribution < -0.4 is 4.74 Å². The Hall–Kier alpha value is -3.29. The van der Waals surface area contributed by atoms with Crippen molar-refractivity contribution >= 4 is 40.5 Å². The summed E-state index contributed by atoms with van der Waals surface area (Å²) in [6, 6.07) is 20.5. The lowest BCUT2D eigenvalue weighted by Gasteiger charge is -2.07. The molecule has 0 aliphatic carbocycles. The molecule has 9 heteroatoms. The Morgan fingerprint density at radius 2 is 1.67 bits per heavy atom. The third-order valence-corrected chi connectivity index (χ3v) is 4.59. The monoisotopic (exact) mass is 423 g/mol. The molecule has 30 heavy (non-hydrogen) atoms. The van der Waals surface area contributed by atoms with Gasteiger partial charge >= 0.3 is 7.82 Å². The molecule has 0 unspecified atom stereocenters. The molecule has 5 rings (SSSR count). The molecule has 2 aromatic carbocycles. The predicted octanol–water partition coefficient (Wildman–Crippen LogP) is 4.01. The second kappa shape index (κ2) is 7.85. The number of rotatable bonds is 2. The minimum absolute atomic E-state index is 0.608. The van der Waals surface area contributed by atoms with Gasteiger partial charge in [-0.05, 0) is 22.9 Å². The summed E-state index contributed by atoms with van der Waals surface area (Å²) in [6.07, 6.45) is 1.84. The molecule has 152 valence electrons. The van der Waals surface area contributed by atoms with E-state index in [1.807, 2.05) is 24.4 Å². The van der Waals surface area contributed by atoms with Gasteiger partial charge in [0.15, 0.2) is 0 Å². The SMILES string of the molecule is COc1ccc2[nH]c3c(-c4cccc5ccccc45)nccc3c2n1.O=P(O)(O)O. The fraction of sp³-hybridized carbons (Fsp3) is 0.0476. The Morgan fingerprint density at radius 1 is 0.933 bits per heavy atom. The van der Waals surface area contributed by atoms with Gasteiger partial charge in [0, 0.05) is 23.2 Å². The standard InChI is InChI=1S/C21H15N3O.H3O4P/c1-25-18-10-9-17-19(24-18)16-11-12-22-20(21(16)23-17)15-8-4-6-13-5-2-3-7-14(13)15;1-5(2,3)4/h2-12,23H,1H3;(H3,1,2,3,4). The maximum absolute atomic E-state index is 8.88. The van der Waals surface area contributed by atoms with E-state index in [1.54, 1.807) is 7.11 Å². The number of aromatic amines is 1. The molecule has 0 aliphatic rings. The molecule has 0 fully saturated rings. The summed E-state index contributed by atoms with van der Waals surface area (Å²) >= 11 is 0. The Labute approximate surface area is 171 Å². The van der Waals surface area contributed by atoms with Gasteiger partial charge in [0.1, 0.15) is 0 Å². The van der Waals surface area contributed by atoms with E-state index < -0.39 is 7.82 Å². The Kier molecular flexibility index (Phi) is 5.24. The van der Waals surface area contributed by atoms with Crippen molar-refractivity contribution in [3.63, 3.8) is 0 Å². The average molecular weight is 423 g/mol. The van der Waals surface area contributed by atoms with E-state index in [1.165, 1.54) is 10.8 Å². The molecule has 0 amide bonds. The van der Waals surface area contributed by atoms with Crippen LogP contribution >= 0.6 is 7.82 Å². The number of nitrogens with one attached hydrogen (secondary N) is 1. The second-order valence-electron chi connectivity index (χ2n) is 6.50. The average Bonchev–Trinajstić information content (AvgIpc) is 3.10. The number of nitrogens with zero attached hydrogens (tertiary/aromatic N) is 2. The fourth-order valence-electron chi connectivity index (χ4n) is 3.42. The summed E-state index contributed by atoms with van der Waals surface area (Å²) in [5.74, 6) is 0.608. The van der Waals surface area contributed by atoms with Crippen molar-refractivity contribution in [2.45, 2.75) is 0 Å². The largest absolute Gasteiger partial charge is 0.481 e. The molecule has 5 aromatic rings. The maximum Gasteiger partial charge on any atom is 0.466 e. The summed E-state index contributed by atoms with van der Waals surface area (Å²) in [5.41, 5.74) is 4.92. The van der Waals surface area contributed by atoms with Crippen LogP contribution in [0.2, 0.25) is 0 Å². The van der Waals surface area contributed by atoms with Crippen LogP contribution in [0.4, 0.5) is 0 Å². The molecule has 0 bridgehead atoms. The zero-order chi connectivity index (χ0) is 21.3. The quantitative estimate of drug-likeness (QED) is 0.316. The molecule has 0 aliphatic heterocycles. The highest BCUT2D eigenvalue weighted by atomic mass is 31.2. The minimum Gasteiger partial charge on any atom is -0.481 e. The minimum atomic E-state index is -4.64. The van der Waals surface area contributed by atoms with Crippen LogP contribution in [0.25, 0.3) is 44.0 Å². The second-order valence-corrected chi connectivity index (χ2v) is 7.52. The van der Waals surface area contributed by atoms with Crippen LogP contribution in [0.15, 0.2) is 66.9 Å². The molecule has 3 heterocycles. The van der Waals surface area contributed by atoms with Crippen LogP contribution in [0.1, 0.15) is 0 Å². The highest BCUT2D eigenvalue weighted by molar-refractivity contribution is 7.45. The van der Waals surface area contributed by atoms with Gasteiger partial charge in [-0.2, -0.15) is 0 Å². The molecule has 0 atom stereocenters. The molecule has 8 nitrogen and oxygen atoms in total. The Balaban J connectivity index is 0.000000393. The normalized spacial score (nSPS) is 11.5. The molecule has 0 saturated heterocycles. The highest BCUT2D eigenvalue weighted by Gasteiger charge is 2.14. The van der Waals surface area contributed by atoms with Gasteiger partial charge in [-0.1, -0.05) is 42.5 Å². The predicted molar refractivity (Wildman–Crippen MR) is 115 cm³/mol. The van der Waals surface area contributed by atoms with Gasteiger partial charge < -0.3 is 24.4 Å². The van der Waals surface area contributed by atoms with Gasteiger partial charge in [-0.3, -0.25) is 4.98 Å². The number of hydrogen-bond acceptors (Lipinski definition) is 4. The zero-order valence-electron chi connectivity index (χ0n) is 15.9. The van der Waals surface area contributed by atoms with Gasteiger partial charge in [-0.15, -0.1) is 0 Å². The smallest absolute Gasteiger partial charge is 0.466 e. The number of pyridine rings is 2. The van der Waals surface area contributed by atoms with Crippen molar-refractivity contribution in [1.82, 2.24) is 15.0 Å². The zero-order valence-corrected chi connectivity index (χ0v) is 16.7. The first-order valence-electron chi connectivity index (χ1n) is 8.93. The molecule has 0 saturated carbocycles. The molecule has 3 aromatic heterocycles. The van der Waals surface area contributed by atoms with E-state index in [4.69, 9.17) is 24.0 Å². The van der Waals surface area contributed by atoms with Gasteiger partial charge in [-0.25, -0.2) is 9.55 Å². The van der Waals surface area contributed by atoms with Crippen LogP contribution in [-0.4, -0.2) is 36.7 Å². The maximum atomic E-state index is 8.88. The van der Waals surface area contributed by atoms with E-state index in [0.717, 1.165) is 33.2 Å². The fourth-order valence-corrected chi connectivity index (χ4v) is 3.42. The van der Waals surface area contributed by atoms with Crippen molar-refractivity contribution in [3.8, 4) is 17.1 Å². The van der Waals surface area contributed by atoms with E-state index in [2.05, 4.69) is 57.4 Å². The first kappa shape index (κ1) is 20.0. The lowest BCUT2D eigenvalue weighted by atomic mass is 10.0. The summed E-state index contributed by atoms with van der Waals surface area (Å²) in [6.45, 7) is 0. The number of phosphoric acid groups is 1. The van der Waals surface area contributed by atoms with Gasteiger partial charge in [0.05, 0.1) is 29.4 Å². The lowest BCUT2D eigenvalue weighted by Crippen LogP contribution is -1.87. The van der Waals surface area contributed by atoms with Crippen molar-refractivity contribution in [1.29, 1.82) is 0 Å². The third-order valence-electron chi connectivity index (χ3n) is 4.59. The third kappa shape index (κ3) is 4.03. The summed E-state index contributed by atoms with van der Waals surface area (Å²) in [5, 5.41) is 3.44. The van der Waals surface area contributed by atoms with Gasteiger partial charge in [0.2, 0.25) is 5.88 Å². The number of ether oxygens (including phenoxy) is 1. The van der Waals surface area contributed by atoms with E-state index in [0.29, 0.717) is 5.88 Å². The van der Waals surface area contributed by atoms with Crippen molar-refractivity contribution in [2.75, 3.05) is 7.11 Å². The van der Waals surface area contributed by atoms with Gasteiger partial charge in [0.25, 0.3) is 0 Å². The highest BCUT2D eigenvalue weighted by Crippen LogP contribution is 2.34. The number of methoxy groups -OCH3 is 1. The molecule has 4 N–H and O–H groups in total. The van der Waals surface area contributed by atoms with Crippen LogP contribution in [0.3, 0.4) is 0 Å². The summed E-state index contributed by atoms with van der Waals surface area (Å²) < 4.78 is 14.2. The first-order chi connectivity index (χ1) is 14.3. The lowest BCUT2D eigenvalue weighted by molar-refractivity contribution is 0.275. The molecular formula is C21H18N3O5P. The molecule has 0 spiro atoms. The van der Waals surface area contributed by atoms with E-state index in [-0.39, 0.29) is 0 Å². The van der Waals surface area contributed by atoms with Crippen molar-refractivity contribution in [2.24, 2.45) is 0 Å². The molecular weight excluding hydrogens is 405 g/mol. The number of H-pyrrole nitrogens is 1. The summed E-state index contributed by atoms with van der Waals surface area (Å²) in [7, 11) is -3.01. The number of fused-ring (bicyclic) bond motifs is 4. The van der Waals surface area contributed by atoms with Crippen molar-refractivity contribution < 1.29 is 24.0 Å². The van der Waals surface area contributed by atoms with E-state index >= 15 is 0 Å².